The van der Waals surface area contributed by atoms with Gasteiger partial charge in [-0.2, -0.15) is 10.2 Å². The average Bonchev–Trinajstić information content (AvgIpc) is 2.95. The molecule has 2 N–H and O–H groups in total. The molecule has 0 unspecified atom stereocenters. The quantitative estimate of drug-likeness (QED) is 0.557. The fourth-order valence-electron chi connectivity index (χ4n) is 1.84. The predicted molar refractivity (Wildman–Crippen MR) is 89.9 cm³/mol. The summed E-state index contributed by atoms with van der Waals surface area (Å²) in [5.41, 5.74) is 4.05. The van der Waals surface area contributed by atoms with E-state index in [1.54, 1.807) is 12.4 Å². The van der Waals surface area contributed by atoms with Gasteiger partial charge in [-0.3, -0.25) is 0 Å². The third-order valence-electron chi connectivity index (χ3n) is 2.95. The highest BCUT2D eigenvalue weighted by atomic mass is 16.2. The number of aromatic amines is 1. The van der Waals surface area contributed by atoms with Gasteiger partial charge in [-0.05, 0) is 11.1 Å². The fourth-order valence-corrected chi connectivity index (χ4v) is 1.84. The lowest BCUT2D eigenvalue weighted by Gasteiger charge is -1.98. The summed E-state index contributed by atoms with van der Waals surface area (Å²) >= 11 is 0. The van der Waals surface area contributed by atoms with Crippen LogP contribution in [-0.4, -0.2) is 27.3 Å². The van der Waals surface area contributed by atoms with E-state index < -0.39 is 5.69 Å². The van der Waals surface area contributed by atoms with Crippen LogP contribution < -0.4 is 11.1 Å². The molecule has 0 spiro atoms. The molecule has 0 aliphatic heterocycles. The summed E-state index contributed by atoms with van der Waals surface area (Å²) in [7, 11) is 0. The first-order valence-corrected chi connectivity index (χ1v) is 6.94. The van der Waals surface area contributed by atoms with Crippen molar-refractivity contribution in [3.63, 3.8) is 0 Å². The average molecular weight is 306 g/mol. The zero-order chi connectivity index (χ0) is 15.9. The highest BCUT2D eigenvalue weighted by molar-refractivity contribution is 5.80. The lowest BCUT2D eigenvalue weighted by Crippen LogP contribution is -2.14. The van der Waals surface area contributed by atoms with Crippen LogP contribution in [0, 0.1) is 0 Å². The molecule has 0 amide bonds. The number of nitrogens with zero attached hydrogens (tertiary/aromatic N) is 4. The molecule has 7 nitrogen and oxygen atoms in total. The van der Waals surface area contributed by atoms with Gasteiger partial charge in [0.2, 0.25) is 0 Å². The van der Waals surface area contributed by atoms with Crippen molar-refractivity contribution in [3.05, 3.63) is 82.3 Å². The largest absolute Gasteiger partial charge is 0.365 e. The molecule has 0 fully saturated rings. The molecule has 1 heterocycles. The molecule has 0 atom stereocenters. The number of anilines is 1. The maximum absolute atomic E-state index is 11.7. The lowest BCUT2D eigenvalue weighted by molar-refractivity contribution is 0.837. The molecular weight excluding hydrogens is 292 g/mol. The number of hydrazone groups is 1. The Hall–Kier alpha value is -3.48. The number of nitrogens with one attached hydrogen (secondary N) is 2. The summed E-state index contributed by atoms with van der Waals surface area (Å²) in [5.74, 6) is 0.203. The van der Waals surface area contributed by atoms with Gasteiger partial charge in [-0.15, -0.1) is 9.77 Å². The Morgan fingerprint density at radius 1 is 0.957 bits per heavy atom. The van der Waals surface area contributed by atoms with Crippen LogP contribution in [-0.2, 0) is 0 Å². The molecule has 0 radical (unpaired) electrons. The summed E-state index contributed by atoms with van der Waals surface area (Å²) in [6.45, 7) is 0. The van der Waals surface area contributed by atoms with E-state index >= 15 is 0 Å². The van der Waals surface area contributed by atoms with Crippen molar-refractivity contribution in [2.75, 3.05) is 5.43 Å². The Morgan fingerprint density at radius 2 is 1.57 bits per heavy atom. The molecule has 3 aromatic rings. The van der Waals surface area contributed by atoms with Gasteiger partial charge in [0.25, 0.3) is 5.95 Å². The maximum atomic E-state index is 11.7. The van der Waals surface area contributed by atoms with Crippen LogP contribution in [0.25, 0.3) is 0 Å². The van der Waals surface area contributed by atoms with Gasteiger partial charge in [0.15, 0.2) is 0 Å². The second-order valence-corrected chi connectivity index (χ2v) is 4.60. The van der Waals surface area contributed by atoms with Crippen LogP contribution in [0.2, 0.25) is 0 Å². The van der Waals surface area contributed by atoms with Crippen molar-refractivity contribution in [2.45, 2.75) is 0 Å². The minimum Gasteiger partial charge on any atom is -0.244 e. The number of benzene rings is 2. The van der Waals surface area contributed by atoms with E-state index in [0.717, 1.165) is 15.8 Å². The summed E-state index contributed by atoms with van der Waals surface area (Å²) in [6.07, 6.45) is 3.20. The zero-order valence-electron chi connectivity index (χ0n) is 12.1. The third-order valence-corrected chi connectivity index (χ3v) is 2.95. The van der Waals surface area contributed by atoms with Crippen LogP contribution in [0.5, 0.6) is 0 Å². The van der Waals surface area contributed by atoms with Gasteiger partial charge in [0.1, 0.15) is 0 Å². The molecule has 3 rings (SSSR count). The van der Waals surface area contributed by atoms with E-state index in [0.29, 0.717) is 0 Å². The summed E-state index contributed by atoms with van der Waals surface area (Å²) in [4.78, 5) is 11.7. The van der Waals surface area contributed by atoms with Crippen LogP contribution in [0.4, 0.5) is 5.95 Å². The highest BCUT2D eigenvalue weighted by Crippen LogP contribution is 2.00. The van der Waals surface area contributed by atoms with E-state index in [1.165, 1.54) is 0 Å². The van der Waals surface area contributed by atoms with Crippen molar-refractivity contribution in [1.29, 1.82) is 0 Å². The Balaban J connectivity index is 1.75. The van der Waals surface area contributed by atoms with E-state index in [4.69, 9.17) is 0 Å². The Morgan fingerprint density at radius 3 is 2.22 bits per heavy atom. The molecule has 0 saturated heterocycles. The Labute approximate surface area is 132 Å². The van der Waals surface area contributed by atoms with Crippen molar-refractivity contribution < 1.29 is 0 Å². The van der Waals surface area contributed by atoms with Crippen LogP contribution in [0.3, 0.4) is 0 Å². The molecular formula is C16H14N6O. The number of hydrogen-bond acceptors (Lipinski definition) is 5. The molecule has 2 aromatic carbocycles. The van der Waals surface area contributed by atoms with E-state index in [-0.39, 0.29) is 5.95 Å². The van der Waals surface area contributed by atoms with Gasteiger partial charge in [-0.25, -0.2) is 15.3 Å². The number of aromatic nitrogens is 3. The topological polar surface area (TPSA) is 87.4 Å². The molecule has 0 aliphatic rings. The fraction of sp³-hybridized carbons (Fsp3) is 0. The standard InChI is InChI=1S/C16H14N6O/c23-16-21-20-15(19-17-11-13-7-3-1-4-8-13)22(16)18-12-14-9-5-2-6-10-14/h1-12H,(H,19,20)(H,21,23)/b17-11+,18-12+. The highest BCUT2D eigenvalue weighted by Gasteiger charge is 2.05. The molecule has 114 valence electrons. The first-order chi connectivity index (χ1) is 11.3. The van der Waals surface area contributed by atoms with Gasteiger partial charge in [0, 0.05) is 0 Å². The van der Waals surface area contributed by atoms with Crippen molar-refractivity contribution >= 4 is 18.4 Å². The monoisotopic (exact) mass is 306 g/mol. The lowest BCUT2D eigenvalue weighted by atomic mass is 10.2. The first-order valence-electron chi connectivity index (χ1n) is 6.94. The molecule has 7 heteroatoms. The smallest absolute Gasteiger partial charge is 0.244 e. The van der Waals surface area contributed by atoms with Crippen molar-refractivity contribution in [1.82, 2.24) is 14.9 Å². The van der Waals surface area contributed by atoms with Gasteiger partial charge >= 0.3 is 5.69 Å². The second-order valence-electron chi connectivity index (χ2n) is 4.60. The summed E-state index contributed by atoms with van der Waals surface area (Å²) in [5, 5.41) is 14.3. The van der Waals surface area contributed by atoms with E-state index in [9.17, 15) is 4.79 Å². The SMILES string of the molecule is O=c1[nH]nc(N/N=C/c2ccccc2)n1/N=C/c1ccccc1. The van der Waals surface area contributed by atoms with Crippen LogP contribution in [0.15, 0.2) is 75.7 Å². The second kappa shape index (κ2) is 6.99. The minimum absolute atomic E-state index is 0.203. The minimum atomic E-state index is -0.449. The Bertz CT molecular complexity index is 864. The van der Waals surface area contributed by atoms with Gasteiger partial charge in [0.05, 0.1) is 12.4 Å². The first kappa shape index (κ1) is 14.5. The number of hydrogen-bond donors (Lipinski definition) is 2. The van der Waals surface area contributed by atoms with Crippen molar-refractivity contribution in [3.8, 4) is 0 Å². The number of rotatable bonds is 5. The summed E-state index contributed by atoms with van der Waals surface area (Å²) in [6, 6.07) is 19.0. The molecule has 0 aliphatic carbocycles. The zero-order valence-corrected chi connectivity index (χ0v) is 12.1. The van der Waals surface area contributed by atoms with Crippen LogP contribution >= 0.6 is 0 Å². The molecule has 0 bridgehead atoms. The molecule has 0 saturated carbocycles. The normalized spacial score (nSPS) is 11.3. The van der Waals surface area contributed by atoms with Gasteiger partial charge < -0.3 is 0 Å². The van der Waals surface area contributed by atoms with Crippen LogP contribution in [0.1, 0.15) is 11.1 Å². The molecule has 23 heavy (non-hydrogen) atoms. The third kappa shape index (κ3) is 3.79. The number of H-pyrrole nitrogens is 1. The van der Waals surface area contributed by atoms with E-state index in [1.807, 2.05) is 60.7 Å². The Kier molecular flexibility index (Phi) is 4.39. The maximum Gasteiger partial charge on any atom is 0.365 e. The summed E-state index contributed by atoms with van der Waals surface area (Å²) < 4.78 is 1.11. The molecule has 1 aromatic heterocycles. The van der Waals surface area contributed by atoms with Crippen molar-refractivity contribution in [2.24, 2.45) is 10.2 Å². The predicted octanol–water partition coefficient (Wildman–Crippen LogP) is 1.90. The van der Waals surface area contributed by atoms with E-state index in [2.05, 4.69) is 25.8 Å². The van der Waals surface area contributed by atoms with Gasteiger partial charge in [-0.1, -0.05) is 60.7 Å².